The molecule has 164 valence electrons. The SMILES string of the molecule is C[C@]12CC[C@@H]3c4ccc(C(N)=O)cc4CC[C@H]3[C@@H]1CC(=Cc1cccc(C(N)=O)c1)C2=O. The van der Waals surface area contributed by atoms with Crippen molar-refractivity contribution in [2.45, 2.75) is 44.9 Å². The largest absolute Gasteiger partial charge is 0.366 e. The smallest absolute Gasteiger partial charge is 0.248 e. The van der Waals surface area contributed by atoms with E-state index in [1.807, 2.05) is 24.3 Å². The molecule has 4 atom stereocenters. The lowest BCUT2D eigenvalue weighted by Crippen LogP contribution is -2.42. The van der Waals surface area contributed by atoms with E-state index in [1.165, 1.54) is 11.1 Å². The van der Waals surface area contributed by atoms with E-state index in [0.717, 1.165) is 43.2 Å². The van der Waals surface area contributed by atoms with Crippen LogP contribution in [0.5, 0.6) is 0 Å². The molecule has 0 aromatic heterocycles. The fourth-order valence-electron chi connectivity index (χ4n) is 6.52. The number of carbonyl (C=O) groups excluding carboxylic acids is 3. The molecule has 0 saturated heterocycles. The number of amides is 2. The highest BCUT2D eigenvalue weighted by atomic mass is 16.1. The van der Waals surface area contributed by atoms with Crippen LogP contribution in [0.2, 0.25) is 0 Å². The predicted molar refractivity (Wildman–Crippen MR) is 123 cm³/mol. The van der Waals surface area contributed by atoms with Gasteiger partial charge >= 0.3 is 0 Å². The highest BCUT2D eigenvalue weighted by Gasteiger charge is 2.56. The second-order valence-corrected chi connectivity index (χ2v) is 9.84. The van der Waals surface area contributed by atoms with Gasteiger partial charge in [-0.1, -0.05) is 25.1 Å². The number of Topliss-reactive ketones (excluding diaryl/α,β-unsaturated/α-hetero) is 1. The topological polar surface area (TPSA) is 103 Å². The molecule has 5 nitrogen and oxygen atoms in total. The molecule has 3 aliphatic carbocycles. The molecule has 0 spiro atoms. The minimum absolute atomic E-state index is 0.250. The molecule has 2 fully saturated rings. The van der Waals surface area contributed by atoms with E-state index in [1.54, 1.807) is 18.2 Å². The summed E-state index contributed by atoms with van der Waals surface area (Å²) < 4.78 is 0. The number of aryl methyl sites for hydroxylation is 1. The van der Waals surface area contributed by atoms with Crippen molar-refractivity contribution in [1.82, 2.24) is 0 Å². The van der Waals surface area contributed by atoms with Gasteiger partial charge in [0.05, 0.1) is 0 Å². The molecule has 0 bridgehead atoms. The highest BCUT2D eigenvalue weighted by Crippen LogP contribution is 2.60. The van der Waals surface area contributed by atoms with Crippen LogP contribution in [0.25, 0.3) is 6.08 Å². The summed E-state index contributed by atoms with van der Waals surface area (Å²) in [5.74, 6) is 0.578. The normalized spacial score (nSPS) is 29.8. The average molecular weight is 429 g/mol. The summed E-state index contributed by atoms with van der Waals surface area (Å²) in [4.78, 5) is 36.6. The number of allylic oxidation sites excluding steroid dienone is 1. The number of nitrogens with two attached hydrogens (primary N) is 2. The van der Waals surface area contributed by atoms with Crippen LogP contribution >= 0.6 is 0 Å². The van der Waals surface area contributed by atoms with Crippen LogP contribution in [0, 0.1) is 17.3 Å². The molecule has 0 aliphatic heterocycles. The molecule has 2 aromatic carbocycles. The van der Waals surface area contributed by atoms with Gasteiger partial charge in [-0.15, -0.1) is 0 Å². The Morgan fingerprint density at radius 1 is 1.03 bits per heavy atom. The van der Waals surface area contributed by atoms with Crippen molar-refractivity contribution in [1.29, 1.82) is 0 Å². The maximum atomic E-state index is 13.5. The molecule has 5 rings (SSSR count). The van der Waals surface area contributed by atoms with Gasteiger partial charge in [-0.05, 0) is 102 Å². The van der Waals surface area contributed by atoms with E-state index in [9.17, 15) is 14.4 Å². The Morgan fingerprint density at radius 2 is 1.78 bits per heavy atom. The zero-order valence-electron chi connectivity index (χ0n) is 18.3. The van der Waals surface area contributed by atoms with Gasteiger partial charge in [-0.2, -0.15) is 0 Å². The first-order valence-corrected chi connectivity index (χ1v) is 11.4. The molecule has 3 aliphatic rings. The van der Waals surface area contributed by atoms with Crippen molar-refractivity contribution < 1.29 is 14.4 Å². The van der Waals surface area contributed by atoms with Crippen LogP contribution < -0.4 is 11.5 Å². The Balaban J connectivity index is 1.46. The number of hydrogen-bond donors (Lipinski definition) is 2. The summed E-state index contributed by atoms with van der Waals surface area (Å²) >= 11 is 0. The van der Waals surface area contributed by atoms with E-state index >= 15 is 0 Å². The number of hydrogen-bond acceptors (Lipinski definition) is 3. The first-order chi connectivity index (χ1) is 15.3. The lowest BCUT2D eigenvalue weighted by Gasteiger charge is -2.48. The lowest BCUT2D eigenvalue weighted by atomic mass is 9.55. The molecule has 2 saturated carbocycles. The molecule has 5 heteroatoms. The molecule has 0 unspecified atom stereocenters. The summed E-state index contributed by atoms with van der Waals surface area (Å²) in [5.41, 5.74) is 15.8. The summed E-state index contributed by atoms with van der Waals surface area (Å²) in [5, 5.41) is 0. The van der Waals surface area contributed by atoms with Gasteiger partial charge in [-0.3, -0.25) is 14.4 Å². The monoisotopic (exact) mass is 428 g/mol. The van der Waals surface area contributed by atoms with Gasteiger partial charge < -0.3 is 11.5 Å². The van der Waals surface area contributed by atoms with Crippen LogP contribution in [0.15, 0.2) is 48.0 Å². The van der Waals surface area contributed by atoms with Gasteiger partial charge in [0.25, 0.3) is 0 Å². The summed E-state index contributed by atoms with van der Waals surface area (Å²) in [6, 6.07) is 13.0. The molecule has 2 aromatic rings. The maximum absolute atomic E-state index is 13.5. The first kappa shape index (κ1) is 20.7. The van der Waals surface area contributed by atoms with Crippen molar-refractivity contribution in [2.75, 3.05) is 0 Å². The third kappa shape index (κ3) is 3.19. The summed E-state index contributed by atoms with van der Waals surface area (Å²) in [7, 11) is 0. The molecule has 0 heterocycles. The van der Waals surface area contributed by atoms with Crippen LogP contribution in [0.3, 0.4) is 0 Å². The van der Waals surface area contributed by atoms with Gasteiger partial charge in [0.1, 0.15) is 0 Å². The molecule has 2 amide bonds. The second kappa shape index (κ2) is 7.44. The minimum Gasteiger partial charge on any atom is -0.366 e. The Morgan fingerprint density at radius 3 is 2.53 bits per heavy atom. The standard InChI is InChI=1S/C27H28N2O3/c1-27-10-9-21-20-7-6-18(26(29)32)13-16(20)5-8-22(21)23(27)14-19(24(27)30)12-15-3-2-4-17(11-15)25(28)31/h2-4,6-7,11-13,21-23H,5,8-10,14H2,1H3,(H2,28,31)(H2,29,32)/t21-,22-,23+,27+/m1/s1. The summed E-state index contributed by atoms with van der Waals surface area (Å²) in [6.45, 7) is 2.14. The van der Waals surface area contributed by atoms with Crippen molar-refractivity contribution in [3.05, 3.63) is 75.9 Å². The number of benzene rings is 2. The molecule has 0 radical (unpaired) electrons. The fraction of sp³-hybridized carbons (Fsp3) is 0.370. The zero-order valence-corrected chi connectivity index (χ0v) is 18.3. The van der Waals surface area contributed by atoms with Crippen LogP contribution in [0.1, 0.15) is 75.9 Å². The Labute approximate surface area is 187 Å². The van der Waals surface area contributed by atoms with Crippen molar-refractivity contribution in [2.24, 2.45) is 28.7 Å². The summed E-state index contributed by atoms with van der Waals surface area (Å²) in [6.07, 6.45) is 6.51. The number of fused-ring (bicyclic) bond motifs is 5. The average Bonchev–Trinajstić information content (AvgIpc) is 3.03. The Hall–Kier alpha value is -3.21. The van der Waals surface area contributed by atoms with Gasteiger partial charge in [0.2, 0.25) is 11.8 Å². The van der Waals surface area contributed by atoms with Crippen molar-refractivity contribution >= 4 is 23.7 Å². The van der Waals surface area contributed by atoms with E-state index in [0.29, 0.717) is 28.9 Å². The quantitative estimate of drug-likeness (QED) is 0.722. The molecule has 32 heavy (non-hydrogen) atoms. The molecular weight excluding hydrogens is 400 g/mol. The van der Waals surface area contributed by atoms with E-state index in [-0.39, 0.29) is 17.1 Å². The number of rotatable bonds is 3. The lowest BCUT2D eigenvalue weighted by molar-refractivity contribution is -0.127. The minimum atomic E-state index is -0.466. The van der Waals surface area contributed by atoms with Crippen molar-refractivity contribution in [3.8, 4) is 0 Å². The third-order valence-electron chi connectivity index (χ3n) is 8.16. The molecular formula is C27H28N2O3. The zero-order chi connectivity index (χ0) is 22.6. The second-order valence-electron chi connectivity index (χ2n) is 9.84. The van der Waals surface area contributed by atoms with Crippen LogP contribution in [0.4, 0.5) is 0 Å². The fourth-order valence-corrected chi connectivity index (χ4v) is 6.52. The van der Waals surface area contributed by atoms with E-state index < -0.39 is 5.91 Å². The van der Waals surface area contributed by atoms with Crippen LogP contribution in [-0.4, -0.2) is 17.6 Å². The number of ketones is 1. The number of carbonyl (C=O) groups is 3. The van der Waals surface area contributed by atoms with Gasteiger partial charge in [0, 0.05) is 16.5 Å². The number of primary amides is 2. The van der Waals surface area contributed by atoms with E-state index in [4.69, 9.17) is 11.5 Å². The third-order valence-corrected chi connectivity index (χ3v) is 8.16. The predicted octanol–water partition coefficient (Wildman–Crippen LogP) is 4.00. The van der Waals surface area contributed by atoms with Crippen molar-refractivity contribution in [3.63, 3.8) is 0 Å². The van der Waals surface area contributed by atoms with E-state index in [2.05, 4.69) is 13.0 Å². The first-order valence-electron chi connectivity index (χ1n) is 11.4. The molecule has 4 N–H and O–H groups in total. The maximum Gasteiger partial charge on any atom is 0.248 e. The Bertz CT molecular complexity index is 1180. The van der Waals surface area contributed by atoms with Gasteiger partial charge in [-0.25, -0.2) is 0 Å². The highest BCUT2D eigenvalue weighted by molar-refractivity contribution is 6.06. The van der Waals surface area contributed by atoms with Gasteiger partial charge in [0.15, 0.2) is 5.78 Å². The Kier molecular flexibility index (Phi) is 4.81. The van der Waals surface area contributed by atoms with Crippen LogP contribution in [-0.2, 0) is 11.2 Å².